The lowest BCUT2D eigenvalue weighted by atomic mass is 10.4. The largest absolute Gasteiger partial charge is 0.508 e. The van der Waals surface area contributed by atoms with Gasteiger partial charge in [0, 0.05) is 0 Å². The summed E-state index contributed by atoms with van der Waals surface area (Å²) >= 11 is 0. The van der Waals surface area contributed by atoms with Crippen molar-refractivity contribution < 1.29 is 5.11 Å². The lowest BCUT2D eigenvalue weighted by Gasteiger charge is -1.81. The van der Waals surface area contributed by atoms with Crippen molar-refractivity contribution in [2.45, 2.75) is 6.92 Å². The average molecular weight is 110 g/mol. The van der Waals surface area contributed by atoms with Crippen molar-refractivity contribution in [3.8, 4) is 0 Å². The van der Waals surface area contributed by atoms with Gasteiger partial charge in [-0.25, -0.2) is 0 Å². The Balaban J connectivity index is 3.74. The van der Waals surface area contributed by atoms with Crippen LogP contribution in [0.2, 0.25) is 0 Å². The predicted molar refractivity (Wildman–Crippen MR) is 35.7 cm³/mol. The quantitative estimate of drug-likeness (QED) is 0.426. The summed E-state index contributed by atoms with van der Waals surface area (Å²) in [6.45, 7) is 5.24. The van der Waals surface area contributed by atoms with Crippen LogP contribution in [0, 0.1) is 0 Å². The van der Waals surface area contributed by atoms with Crippen LogP contribution in [-0.4, -0.2) is 5.11 Å². The van der Waals surface area contributed by atoms with E-state index in [2.05, 4.69) is 6.58 Å². The minimum absolute atomic E-state index is 0.197. The van der Waals surface area contributed by atoms with Gasteiger partial charge in [0.2, 0.25) is 0 Å². The summed E-state index contributed by atoms with van der Waals surface area (Å²) in [7, 11) is 0. The third-order valence-electron chi connectivity index (χ3n) is 0.669. The van der Waals surface area contributed by atoms with Crippen LogP contribution in [0.5, 0.6) is 0 Å². The van der Waals surface area contributed by atoms with Crippen molar-refractivity contribution in [1.82, 2.24) is 0 Å². The van der Waals surface area contributed by atoms with Gasteiger partial charge in [0.15, 0.2) is 0 Å². The fourth-order valence-electron chi connectivity index (χ4n) is 0.263. The molecule has 0 radical (unpaired) electrons. The van der Waals surface area contributed by atoms with Gasteiger partial charge in [0.25, 0.3) is 0 Å². The van der Waals surface area contributed by atoms with E-state index in [1.54, 1.807) is 12.2 Å². The Morgan fingerprint density at radius 2 is 2.25 bits per heavy atom. The van der Waals surface area contributed by atoms with E-state index in [0.29, 0.717) is 0 Å². The highest BCUT2D eigenvalue weighted by atomic mass is 16.3. The number of rotatable bonds is 2. The summed E-state index contributed by atoms with van der Waals surface area (Å²) in [5.41, 5.74) is 0. The minimum atomic E-state index is 0.197. The average Bonchev–Trinajstić information content (AvgIpc) is 1.83. The molecule has 0 bridgehead atoms. The zero-order chi connectivity index (χ0) is 6.41. The van der Waals surface area contributed by atoms with Crippen molar-refractivity contribution in [2.24, 2.45) is 0 Å². The van der Waals surface area contributed by atoms with Gasteiger partial charge >= 0.3 is 0 Å². The van der Waals surface area contributed by atoms with E-state index < -0.39 is 0 Å². The predicted octanol–water partition coefficient (Wildman–Crippen LogP) is 2.19. The third-order valence-corrected chi connectivity index (χ3v) is 0.669. The van der Waals surface area contributed by atoms with E-state index >= 15 is 0 Å². The highest BCUT2D eigenvalue weighted by molar-refractivity contribution is 5.14. The molecule has 0 saturated carbocycles. The minimum Gasteiger partial charge on any atom is -0.508 e. The van der Waals surface area contributed by atoms with Crippen LogP contribution in [0.15, 0.2) is 36.6 Å². The Labute approximate surface area is 49.7 Å². The second kappa shape index (κ2) is 4.19. The van der Waals surface area contributed by atoms with Gasteiger partial charge in [-0.05, 0) is 19.1 Å². The second-order valence-corrected chi connectivity index (χ2v) is 1.32. The number of allylic oxidation sites excluding steroid dienone is 4. The molecule has 1 heteroatoms. The molecular formula is C7H10O. The maximum absolute atomic E-state index is 8.68. The third kappa shape index (κ3) is 3.22. The first-order valence-electron chi connectivity index (χ1n) is 2.45. The fraction of sp³-hybridized carbons (Fsp3) is 0.143. The van der Waals surface area contributed by atoms with Crippen molar-refractivity contribution in [2.75, 3.05) is 0 Å². The molecule has 0 saturated heterocycles. The number of hydrogen-bond donors (Lipinski definition) is 1. The van der Waals surface area contributed by atoms with Crippen molar-refractivity contribution in [3.63, 3.8) is 0 Å². The number of aliphatic hydroxyl groups is 1. The second-order valence-electron chi connectivity index (χ2n) is 1.32. The monoisotopic (exact) mass is 110 g/mol. The van der Waals surface area contributed by atoms with E-state index in [-0.39, 0.29) is 5.76 Å². The molecule has 0 fully saturated rings. The molecule has 0 aromatic carbocycles. The molecule has 0 aromatic rings. The van der Waals surface area contributed by atoms with Gasteiger partial charge in [-0.3, -0.25) is 0 Å². The normalized spacial score (nSPS) is 12.4. The number of hydrogen-bond acceptors (Lipinski definition) is 1. The van der Waals surface area contributed by atoms with Crippen molar-refractivity contribution in [3.05, 3.63) is 36.6 Å². The van der Waals surface area contributed by atoms with Crippen LogP contribution >= 0.6 is 0 Å². The molecule has 0 unspecified atom stereocenters. The summed E-state index contributed by atoms with van der Waals surface area (Å²) in [4.78, 5) is 0. The van der Waals surface area contributed by atoms with Crippen molar-refractivity contribution in [1.29, 1.82) is 0 Å². The van der Waals surface area contributed by atoms with Gasteiger partial charge in [0.05, 0.1) is 0 Å². The Kier molecular flexibility index (Phi) is 3.67. The summed E-state index contributed by atoms with van der Waals surface area (Å²) in [5.74, 6) is 0.197. The topological polar surface area (TPSA) is 20.2 Å². The van der Waals surface area contributed by atoms with Crippen LogP contribution in [0.4, 0.5) is 0 Å². The molecule has 0 aliphatic heterocycles. The van der Waals surface area contributed by atoms with Gasteiger partial charge in [-0.2, -0.15) is 0 Å². The van der Waals surface area contributed by atoms with Gasteiger partial charge < -0.3 is 5.11 Å². The molecule has 8 heavy (non-hydrogen) atoms. The summed E-state index contributed by atoms with van der Waals surface area (Å²) < 4.78 is 0. The zero-order valence-electron chi connectivity index (χ0n) is 4.96. The van der Waals surface area contributed by atoms with Crippen LogP contribution in [0.3, 0.4) is 0 Å². The SMILES string of the molecule is C=C/C(O)=C\C=C\C. The highest BCUT2D eigenvalue weighted by Gasteiger charge is 1.73. The molecule has 0 amide bonds. The van der Waals surface area contributed by atoms with E-state index in [1.807, 2.05) is 13.0 Å². The van der Waals surface area contributed by atoms with E-state index in [9.17, 15) is 0 Å². The smallest absolute Gasteiger partial charge is 0.114 e. The van der Waals surface area contributed by atoms with Crippen LogP contribution in [0.25, 0.3) is 0 Å². The lowest BCUT2D eigenvalue weighted by molar-refractivity contribution is 0.433. The van der Waals surface area contributed by atoms with Crippen molar-refractivity contribution >= 4 is 0 Å². The molecule has 44 valence electrons. The highest BCUT2D eigenvalue weighted by Crippen LogP contribution is 1.87. The molecule has 0 heterocycles. The molecule has 1 N–H and O–H groups in total. The first-order chi connectivity index (χ1) is 3.81. The number of aliphatic hydroxyl groups excluding tert-OH is 1. The summed E-state index contributed by atoms with van der Waals surface area (Å²) in [6, 6.07) is 0. The Hall–Kier alpha value is -0.980. The standard InChI is InChI=1S/C7H10O/c1-3-5-6-7(8)4-2/h3-6,8H,2H2,1H3/b5-3+,7-6+. The molecule has 0 aliphatic carbocycles. The Bertz CT molecular complexity index is 120. The van der Waals surface area contributed by atoms with Gasteiger partial charge in [-0.1, -0.05) is 18.7 Å². The molecule has 0 atom stereocenters. The zero-order valence-corrected chi connectivity index (χ0v) is 4.96. The van der Waals surface area contributed by atoms with Crippen LogP contribution in [0.1, 0.15) is 6.92 Å². The summed E-state index contributed by atoms with van der Waals surface area (Å²) in [6.07, 6.45) is 6.55. The Morgan fingerprint density at radius 1 is 1.62 bits per heavy atom. The maximum Gasteiger partial charge on any atom is 0.114 e. The molecule has 0 aromatic heterocycles. The van der Waals surface area contributed by atoms with E-state index in [4.69, 9.17) is 5.11 Å². The van der Waals surface area contributed by atoms with Crippen LogP contribution < -0.4 is 0 Å². The van der Waals surface area contributed by atoms with E-state index in [0.717, 1.165) is 0 Å². The maximum atomic E-state index is 8.68. The molecule has 1 nitrogen and oxygen atoms in total. The fourth-order valence-corrected chi connectivity index (χ4v) is 0.263. The summed E-state index contributed by atoms with van der Waals surface area (Å²) in [5, 5.41) is 8.68. The molecule has 0 spiro atoms. The van der Waals surface area contributed by atoms with Gasteiger partial charge in [-0.15, -0.1) is 0 Å². The first-order valence-corrected chi connectivity index (χ1v) is 2.45. The van der Waals surface area contributed by atoms with Crippen LogP contribution in [-0.2, 0) is 0 Å². The lowest BCUT2D eigenvalue weighted by Crippen LogP contribution is -1.66. The first kappa shape index (κ1) is 7.02. The Morgan fingerprint density at radius 3 is 2.62 bits per heavy atom. The van der Waals surface area contributed by atoms with E-state index in [1.165, 1.54) is 6.08 Å². The molecular weight excluding hydrogens is 100 g/mol. The molecule has 0 aliphatic rings. The molecule has 0 rings (SSSR count). The van der Waals surface area contributed by atoms with Gasteiger partial charge in [0.1, 0.15) is 5.76 Å².